The van der Waals surface area contributed by atoms with Gasteiger partial charge in [-0.2, -0.15) is 0 Å². The third kappa shape index (κ3) is 8.20. The van der Waals surface area contributed by atoms with Gasteiger partial charge in [0, 0.05) is 0 Å². The zero-order chi connectivity index (χ0) is 39.1. The number of fused-ring (bicyclic) bond motifs is 5. The van der Waals surface area contributed by atoms with E-state index < -0.39 is 74.6 Å². The number of rotatable bonds is 14. The summed E-state index contributed by atoms with van der Waals surface area (Å²) >= 11 is 0. The molecule has 0 bridgehead atoms. The van der Waals surface area contributed by atoms with Gasteiger partial charge in [0.15, 0.2) is 12.6 Å². The Labute approximate surface area is 321 Å². The van der Waals surface area contributed by atoms with Crippen LogP contribution in [0.25, 0.3) is 0 Å². The number of aliphatic hydroxyl groups excluding tert-OH is 8. The monoisotopic (exact) mass is 772 g/mol. The van der Waals surface area contributed by atoms with Gasteiger partial charge in [-0.1, -0.05) is 53.9 Å². The third-order valence-electron chi connectivity index (χ3n) is 15.6. The molecular formula is C41H72O13. The Morgan fingerprint density at radius 2 is 1.37 bits per heavy atom. The lowest BCUT2D eigenvalue weighted by Gasteiger charge is -2.63. The van der Waals surface area contributed by atoms with E-state index in [1.807, 2.05) is 0 Å². The molecule has 20 atom stereocenters. The number of aliphatic hydroxyl groups is 8. The molecule has 6 fully saturated rings. The number of hydrogen-bond donors (Lipinski definition) is 8. The van der Waals surface area contributed by atoms with Gasteiger partial charge in [0.2, 0.25) is 0 Å². The van der Waals surface area contributed by atoms with Crippen LogP contribution in [0.4, 0.5) is 0 Å². The average molecular weight is 773 g/mol. The van der Waals surface area contributed by atoms with E-state index in [0.717, 1.165) is 25.7 Å². The van der Waals surface area contributed by atoms with E-state index >= 15 is 0 Å². The van der Waals surface area contributed by atoms with Crippen molar-refractivity contribution in [3.63, 3.8) is 0 Å². The Kier molecular flexibility index (Phi) is 14.2. The number of ether oxygens (including phenoxy) is 5. The topological polar surface area (TPSA) is 208 Å². The normalized spacial score (nSPS) is 50.0. The van der Waals surface area contributed by atoms with E-state index in [2.05, 4.69) is 34.6 Å². The first-order chi connectivity index (χ1) is 25.6. The highest BCUT2D eigenvalue weighted by molar-refractivity contribution is 5.13. The molecule has 2 aliphatic heterocycles. The molecular weight excluding hydrogens is 700 g/mol. The summed E-state index contributed by atoms with van der Waals surface area (Å²) in [7, 11) is 0. The summed E-state index contributed by atoms with van der Waals surface area (Å²) in [5.41, 5.74) is 0.204. The second-order valence-electron chi connectivity index (χ2n) is 18.9. The van der Waals surface area contributed by atoms with Crippen LogP contribution in [-0.4, -0.2) is 141 Å². The second-order valence-corrected chi connectivity index (χ2v) is 18.9. The Morgan fingerprint density at radius 1 is 0.685 bits per heavy atom. The van der Waals surface area contributed by atoms with Crippen molar-refractivity contribution in [2.45, 2.75) is 179 Å². The molecule has 8 N–H and O–H groups in total. The van der Waals surface area contributed by atoms with Crippen LogP contribution in [0, 0.1) is 52.3 Å². The maximum Gasteiger partial charge on any atom is 0.187 e. The predicted molar refractivity (Wildman–Crippen MR) is 197 cm³/mol. The van der Waals surface area contributed by atoms with Crippen molar-refractivity contribution in [1.29, 1.82) is 0 Å². The Morgan fingerprint density at radius 3 is 2.07 bits per heavy atom. The van der Waals surface area contributed by atoms with E-state index in [0.29, 0.717) is 41.4 Å². The van der Waals surface area contributed by atoms with Gasteiger partial charge in [0.25, 0.3) is 0 Å². The standard InChI is InChI=1S/C41H72O13/c1-21(2)7-6-8-22(3)26-11-12-27-25-10-9-23-17-24(44)13-14-40(23,4)28(25)18-31(41(26,27)5)50-15-16-51-38-36(49)34(47)37(30(20-43)53-38)54-39-35(48)33(46)32(45)29(19-42)52-39/h21-39,42-49H,6-20H2,1-5H3/t22-,23-,24-,25+,26-,27+,28+,29?,30?,31+,32-,33+,34?,35?,36+,37-,38-,39-,40+,41-/m1/s1. The van der Waals surface area contributed by atoms with Gasteiger partial charge >= 0.3 is 0 Å². The lowest BCUT2D eigenvalue weighted by atomic mass is 9.43. The van der Waals surface area contributed by atoms with Crippen LogP contribution in [0.15, 0.2) is 0 Å². The first-order valence-electron chi connectivity index (χ1n) is 21.1. The summed E-state index contributed by atoms with van der Waals surface area (Å²) in [4.78, 5) is 0. The summed E-state index contributed by atoms with van der Waals surface area (Å²) < 4.78 is 29.9. The molecule has 0 aromatic rings. The van der Waals surface area contributed by atoms with Crippen LogP contribution in [0.3, 0.4) is 0 Å². The van der Waals surface area contributed by atoms with Crippen molar-refractivity contribution in [2.24, 2.45) is 52.3 Å². The molecule has 0 spiro atoms. The van der Waals surface area contributed by atoms with Crippen molar-refractivity contribution in [3.8, 4) is 0 Å². The fraction of sp³-hybridized carbons (Fsp3) is 1.00. The number of hydrogen-bond acceptors (Lipinski definition) is 13. The smallest absolute Gasteiger partial charge is 0.187 e. The van der Waals surface area contributed by atoms with Crippen LogP contribution in [0.2, 0.25) is 0 Å². The average Bonchev–Trinajstić information content (AvgIpc) is 3.51. The van der Waals surface area contributed by atoms with Crippen molar-refractivity contribution < 1.29 is 64.5 Å². The zero-order valence-corrected chi connectivity index (χ0v) is 33.2. The van der Waals surface area contributed by atoms with Gasteiger partial charge in [0.1, 0.15) is 48.8 Å². The maximum absolute atomic E-state index is 11.1. The minimum Gasteiger partial charge on any atom is -0.394 e. The Hall–Kier alpha value is -0.520. The molecule has 4 unspecified atom stereocenters. The quantitative estimate of drug-likeness (QED) is 0.119. The molecule has 2 saturated heterocycles. The van der Waals surface area contributed by atoms with Crippen molar-refractivity contribution in [1.82, 2.24) is 0 Å². The van der Waals surface area contributed by atoms with Gasteiger partial charge in [0.05, 0.1) is 38.6 Å². The summed E-state index contributed by atoms with van der Waals surface area (Å²) in [6.45, 7) is 11.1. The molecule has 4 saturated carbocycles. The minimum absolute atomic E-state index is 0.0177. The molecule has 6 rings (SSSR count). The van der Waals surface area contributed by atoms with Crippen LogP contribution >= 0.6 is 0 Å². The first kappa shape index (κ1) is 43.1. The van der Waals surface area contributed by atoms with Crippen molar-refractivity contribution in [3.05, 3.63) is 0 Å². The van der Waals surface area contributed by atoms with E-state index in [9.17, 15) is 40.9 Å². The molecule has 13 nitrogen and oxygen atoms in total. The van der Waals surface area contributed by atoms with E-state index in [4.69, 9.17) is 23.7 Å². The SMILES string of the molecule is CC(C)CCC[C@@H](C)[C@H]1CC[C@H]2[C@@H]3CC[C@@H]4C[C@H](O)CC[C@]4(C)[C@H]3C[C@H](OCCO[C@@H]3OC(CO)[C@@H](O[C@H]4OC(CO)[C@@H](O)[C@H](O)C4O)C(O)[C@@H]3O)[C@]12C. The summed E-state index contributed by atoms with van der Waals surface area (Å²) in [5.74, 6) is 4.16. The molecule has 4 aliphatic carbocycles. The van der Waals surface area contributed by atoms with Crippen molar-refractivity contribution in [2.75, 3.05) is 26.4 Å². The Balaban J connectivity index is 1.11. The molecule has 13 heteroatoms. The van der Waals surface area contributed by atoms with Gasteiger partial charge in [-0.25, -0.2) is 0 Å². The lowest BCUT2D eigenvalue weighted by Crippen LogP contribution is -2.64. The molecule has 314 valence electrons. The van der Waals surface area contributed by atoms with Crippen LogP contribution in [-0.2, 0) is 23.7 Å². The zero-order valence-electron chi connectivity index (χ0n) is 33.2. The van der Waals surface area contributed by atoms with E-state index in [1.54, 1.807) is 0 Å². The molecule has 0 aromatic carbocycles. The molecule has 6 aliphatic rings. The highest BCUT2D eigenvalue weighted by Crippen LogP contribution is 2.69. The fourth-order valence-corrected chi connectivity index (χ4v) is 12.5. The molecule has 0 aromatic heterocycles. The third-order valence-corrected chi connectivity index (χ3v) is 15.6. The minimum atomic E-state index is -1.73. The van der Waals surface area contributed by atoms with Crippen molar-refractivity contribution >= 4 is 0 Å². The maximum atomic E-state index is 11.1. The van der Waals surface area contributed by atoms with Gasteiger partial charge in [-0.05, 0) is 104 Å². The molecule has 0 amide bonds. The second kappa shape index (κ2) is 17.8. The highest BCUT2D eigenvalue weighted by Gasteiger charge is 2.64. The van der Waals surface area contributed by atoms with Crippen LogP contribution in [0.1, 0.15) is 105 Å². The molecule has 0 radical (unpaired) electrons. The highest BCUT2D eigenvalue weighted by atomic mass is 16.7. The van der Waals surface area contributed by atoms with Gasteiger partial charge in [-0.3, -0.25) is 0 Å². The summed E-state index contributed by atoms with van der Waals surface area (Å²) in [5, 5.41) is 83.2. The molecule has 2 heterocycles. The summed E-state index contributed by atoms with van der Waals surface area (Å²) in [6.07, 6.45) is -2.74. The molecule has 54 heavy (non-hydrogen) atoms. The Bertz CT molecular complexity index is 1190. The van der Waals surface area contributed by atoms with Crippen LogP contribution in [0.5, 0.6) is 0 Å². The summed E-state index contributed by atoms with van der Waals surface area (Å²) in [6, 6.07) is 0. The fourth-order valence-electron chi connectivity index (χ4n) is 12.5. The lowest BCUT2D eigenvalue weighted by molar-refractivity contribution is -0.360. The van der Waals surface area contributed by atoms with Crippen LogP contribution < -0.4 is 0 Å². The van der Waals surface area contributed by atoms with E-state index in [1.165, 1.54) is 44.9 Å². The largest absolute Gasteiger partial charge is 0.394 e. The first-order valence-corrected chi connectivity index (χ1v) is 21.1. The van der Waals surface area contributed by atoms with Gasteiger partial charge < -0.3 is 64.5 Å². The predicted octanol–water partition coefficient (Wildman–Crippen LogP) is 2.10. The van der Waals surface area contributed by atoms with E-state index in [-0.39, 0.29) is 36.3 Å². The van der Waals surface area contributed by atoms with Gasteiger partial charge in [-0.15, -0.1) is 0 Å².